The van der Waals surface area contributed by atoms with Gasteiger partial charge in [0.1, 0.15) is 0 Å². The van der Waals surface area contributed by atoms with E-state index in [1.807, 2.05) is 17.5 Å². The van der Waals surface area contributed by atoms with E-state index in [4.69, 9.17) is 9.63 Å². The van der Waals surface area contributed by atoms with Gasteiger partial charge in [0, 0.05) is 12.6 Å². The van der Waals surface area contributed by atoms with Crippen LogP contribution in [0.1, 0.15) is 25.1 Å². The molecule has 1 fully saturated rings. The van der Waals surface area contributed by atoms with Gasteiger partial charge in [-0.2, -0.15) is 4.98 Å². The molecule has 2 heterocycles. The predicted octanol–water partition coefficient (Wildman–Crippen LogP) is 2.14. The Morgan fingerprint density at radius 3 is 3.00 bits per heavy atom. The minimum atomic E-state index is 0.173. The van der Waals surface area contributed by atoms with Crippen molar-refractivity contribution < 1.29 is 9.63 Å². The lowest BCUT2D eigenvalue weighted by molar-refractivity contribution is 0.0912. The van der Waals surface area contributed by atoms with E-state index in [2.05, 4.69) is 15.0 Å². The molecular weight excluding hydrogens is 262 g/mol. The SMILES string of the molecule is OCCN(Cc1noc(-c2cccs2)n1)C1CCC1. The first-order valence-corrected chi connectivity index (χ1v) is 7.46. The zero-order valence-electron chi connectivity index (χ0n) is 10.7. The highest BCUT2D eigenvalue weighted by atomic mass is 32.1. The van der Waals surface area contributed by atoms with Crippen molar-refractivity contribution in [1.82, 2.24) is 15.0 Å². The van der Waals surface area contributed by atoms with Crippen LogP contribution < -0.4 is 0 Å². The van der Waals surface area contributed by atoms with Gasteiger partial charge in [0.05, 0.1) is 18.0 Å². The van der Waals surface area contributed by atoms with Crippen LogP contribution >= 0.6 is 11.3 Å². The van der Waals surface area contributed by atoms with Gasteiger partial charge in [0.25, 0.3) is 5.89 Å². The summed E-state index contributed by atoms with van der Waals surface area (Å²) in [5.74, 6) is 1.28. The van der Waals surface area contributed by atoms with E-state index in [1.165, 1.54) is 19.3 Å². The minimum Gasteiger partial charge on any atom is -0.395 e. The highest BCUT2D eigenvalue weighted by Crippen LogP contribution is 2.26. The third-order valence-corrected chi connectivity index (χ3v) is 4.38. The Kier molecular flexibility index (Phi) is 3.91. The third-order valence-electron chi connectivity index (χ3n) is 3.52. The van der Waals surface area contributed by atoms with Crippen LogP contribution in [0, 0.1) is 0 Å². The van der Waals surface area contributed by atoms with Crippen molar-refractivity contribution in [2.24, 2.45) is 0 Å². The Bertz CT molecular complexity index is 508. The number of aliphatic hydroxyl groups excluding tert-OH is 1. The van der Waals surface area contributed by atoms with Crippen molar-refractivity contribution in [1.29, 1.82) is 0 Å². The molecule has 0 amide bonds. The standard InChI is InChI=1S/C13H17N3O2S/c17-7-6-16(10-3-1-4-10)9-12-14-13(18-15-12)11-5-2-8-19-11/h2,5,8,10,17H,1,3-4,6-7,9H2. The quantitative estimate of drug-likeness (QED) is 0.877. The molecule has 0 saturated heterocycles. The zero-order valence-corrected chi connectivity index (χ0v) is 11.5. The summed E-state index contributed by atoms with van der Waals surface area (Å²) in [7, 11) is 0. The number of nitrogens with zero attached hydrogens (tertiary/aromatic N) is 3. The van der Waals surface area contributed by atoms with Crippen molar-refractivity contribution in [2.45, 2.75) is 31.8 Å². The first kappa shape index (κ1) is 12.8. The molecule has 0 atom stereocenters. The maximum absolute atomic E-state index is 9.13. The lowest BCUT2D eigenvalue weighted by Crippen LogP contribution is -2.41. The molecular formula is C13H17N3O2S. The number of thiophene rings is 1. The second kappa shape index (κ2) is 5.81. The number of rotatable bonds is 6. The van der Waals surface area contributed by atoms with Gasteiger partial charge in [-0.05, 0) is 24.3 Å². The Morgan fingerprint density at radius 2 is 2.37 bits per heavy atom. The molecule has 0 aliphatic heterocycles. The van der Waals surface area contributed by atoms with Crippen molar-refractivity contribution in [3.8, 4) is 10.8 Å². The van der Waals surface area contributed by atoms with Gasteiger partial charge >= 0.3 is 0 Å². The average molecular weight is 279 g/mol. The van der Waals surface area contributed by atoms with Crippen LogP contribution in [-0.4, -0.2) is 39.3 Å². The summed E-state index contributed by atoms with van der Waals surface area (Å²) >= 11 is 1.59. The van der Waals surface area contributed by atoms with Crippen molar-refractivity contribution in [3.05, 3.63) is 23.3 Å². The molecule has 6 heteroatoms. The minimum absolute atomic E-state index is 0.173. The van der Waals surface area contributed by atoms with Crippen LogP contribution in [-0.2, 0) is 6.54 Å². The molecule has 3 rings (SSSR count). The molecule has 1 saturated carbocycles. The fourth-order valence-corrected chi connectivity index (χ4v) is 2.92. The maximum atomic E-state index is 9.13. The molecule has 0 bridgehead atoms. The van der Waals surface area contributed by atoms with E-state index >= 15 is 0 Å². The largest absolute Gasteiger partial charge is 0.395 e. The fourth-order valence-electron chi connectivity index (χ4n) is 2.27. The second-order valence-electron chi connectivity index (χ2n) is 4.77. The van der Waals surface area contributed by atoms with E-state index in [-0.39, 0.29) is 6.61 Å². The van der Waals surface area contributed by atoms with Crippen molar-refractivity contribution in [3.63, 3.8) is 0 Å². The Morgan fingerprint density at radius 1 is 1.47 bits per heavy atom. The number of hydrogen-bond donors (Lipinski definition) is 1. The first-order valence-electron chi connectivity index (χ1n) is 6.58. The predicted molar refractivity (Wildman–Crippen MR) is 72.7 cm³/mol. The molecule has 0 unspecified atom stereocenters. The summed E-state index contributed by atoms with van der Waals surface area (Å²) in [5.41, 5.74) is 0. The van der Waals surface area contributed by atoms with Gasteiger partial charge < -0.3 is 9.63 Å². The molecule has 1 aliphatic rings. The van der Waals surface area contributed by atoms with Crippen LogP contribution in [0.25, 0.3) is 10.8 Å². The van der Waals surface area contributed by atoms with Crippen LogP contribution in [0.3, 0.4) is 0 Å². The number of aliphatic hydroxyl groups is 1. The number of hydrogen-bond acceptors (Lipinski definition) is 6. The normalized spacial score (nSPS) is 15.9. The lowest BCUT2D eigenvalue weighted by atomic mass is 9.91. The molecule has 1 N–H and O–H groups in total. The van der Waals surface area contributed by atoms with Gasteiger partial charge in [-0.3, -0.25) is 4.90 Å². The van der Waals surface area contributed by atoms with Gasteiger partial charge in [-0.25, -0.2) is 0 Å². The highest BCUT2D eigenvalue weighted by molar-refractivity contribution is 7.13. The average Bonchev–Trinajstić information content (AvgIpc) is 2.95. The molecule has 0 radical (unpaired) electrons. The molecule has 0 aromatic carbocycles. The lowest BCUT2D eigenvalue weighted by Gasteiger charge is -2.36. The Balaban J connectivity index is 1.68. The summed E-state index contributed by atoms with van der Waals surface area (Å²) in [5, 5.41) is 15.2. The Hall–Kier alpha value is -1.24. The van der Waals surface area contributed by atoms with E-state index in [0.29, 0.717) is 30.8 Å². The van der Waals surface area contributed by atoms with E-state index in [1.54, 1.807) is 11.3 Å². The van der Waals surface area contributed by atoms with Gasteiger partial charge in [-0.15, -0.1) is 11.3 Å². The van der Waals surface area contributed by atoms with E-state index in [9.17, 15) is 0 Å². The highest BCUT2D eigenvalue weighted by Gasteiger charge is 2.25. The van der Waals surface area contributed by atoms with Crippen LogP contribution in [0.15, 0.2) is 22.0 Å². The first-order chi connectivity index (χ1) is 9.36. The summed E-state index contributed by atoms with van der Waals surface area (Å²) in [6.07, 6.45) is 3.69. The number of aromatic nitrogens is 2. The van der Waals surface area contributed by atoms with E-state index < -0.39 is 0 Å². The van der Waals surface area contributed by atoms with E-state index in [0.717, 1.165) is 4.88 Å². The second-order valence-corrected chi connectivity index (χ2v) is 5.72. The smallest absolute Gasteiger partial charge is 0.268 e. The monoisotopic (exact) mass is 279 g/mol. The summed E-state index contributed by atoms with van der Waals surface area (Å²) in [6, 6.07) is 4.51. The van der Waals surface area contributed by atoms with Crippen LogP contribution in [0.4, 0.5) is 0 Å². The van der Waals surface area contributed by atoms with Gasteiger partial charge in [-0.1, -0.05) is 17.6 Å². The molecule has 5 nitrogen and oxygen atoms in total. The van der Waals surface area contributed by atoms with Crippen molar-refractivity contribution >= 4 is 11.3 Å². The van der Waals surface area contributed by atoms with Gasteiger partial charge in [0.15, 0.2) is 5.82 Å². The topological polar surface area (TPSA) is 62.4 Å². The van der Waals surface area contributed by atoms with Crippen LogP contribution in [0.2, 0.25) is 0 Å². The fraction of sp³-hybridized carbons (Fsp3) is 0.538. The van der Waals surface area contributed by atoms with Crippen LogP contribution in [0.5, 0.6) is 0 Å². The third kappa shape index (κ3) is 2.86. The van der Waals surface area contributed by atoms with Gasteiger partial charge in [0.2, 0.25) is 0 Å². The molecule has 19 heavy (non-hydrogen) atoms. The maximum Gasteiger partial charge on any atom is 0.268 e. The van der Waals surface area contributed by atoms with Crippen molar-refractivity contribution in [2.75, 3.05) is 13.2 Å². The molecule has 2 aromatic rings. The summed E-state index contributed by atoms with van der Waals surface area (Å²) < 4.78 is 5.28. The molecule has 102 valence electrons. The zero-order chi connectivity index (χ0) is 13.1. The summed E-state index contributed by atoms with van der Waals surface area (Å²) in [6.45, 7) is 1.50. The summed E-state index contributed by atoms with van der Waals surface area (Å²) in [4.78, 5) is 7.66. The molecule has 2 aromatic heterocycles. The Labute approximate surface area is 115 Å². The molecule has 0 spiro atoms. The molecule has 1 aliphatic carbocycles.